The highest BCUT2D eigenvalue weighted by Gasteiger charge is 2.55. The molecule has 5 aromatic carbocycles. The third kappa shape index (κ3) is 7.05. The predicted molar refractivity (Wildman–Crippen MR) is 220 cm³/mol. The van der Waals surface area contributed by atoms with Crippen molar-refractivity contribution in [2.24, 2.45) is 0 Å². The van der Waals surface area contributed by atoms with Gasteiger partial charge in [-0.2, -0.15) is 4.31 Å². The monoisotopic (exact) mass is 747 g/mol. The van der Waals surface area contributed by atoms with E-state index in [0.29, 0.717) is 11.3 Å². The van der Waals surface area contributed by atoms with Crippen molar-refractivity contribution in [1.82, 2.24) is 4.31 Å². The van der Waals surface area contributed by atoms with E-state index in [-0.39, 0.29) is 35.4 Å². The van der Waals surface area contributed by atoms with Crippen molar-refractivity contribution in [2.75, 3.05) is 13.2 Å². The Bertz CT molecular complexity index is 1820. The Hall–Kier alpha value is -3.64. The maximum Gasteiger partial charge on any atom is 0.261 e. The number of aryl methyl sites for hydroxylation is 1. The molecule has 0 amide bonds. The van der Waals surface area contributed by atoms with Crippen LogP contribution in [0.3, 0.4) is 0 Å². The lowest BCUT2D eigenvalue weighted by atomic mass is 9.98. The van der Waals surface area contributed by atoms with Crippen LogP contribution in [-0.2, 0) is 18.9 Å². The molecule has 8 heteroatoms. The number of nitrogens with zero attached hydrogens (tertiary/aromatic N) is 1. The van der Waals surface area contributed by atoms with Crippen molar-refractivity contribution >= 4 is 47.4 Å². The Morgan fingerprint density at radius 3 is 1.13 bits per heavy atom. The van der Waals surface area contributed by atoms with Crippen molar-refractivity contribution in [1.29, 1.82) is 0 Å². The summed E-state index contributed by atoms with van der Waals surface area (Å²) in [5.74, 6) is 0. The molecule has 1 aliphatic heterocycles. The summed E-state index contributed by atoms with van der Waals surface area (Å²) in [6, 6.07) is 48.6. The lowest BCUT2D eigenvalue weighted by Gasteiger charge is -2.51. The Morgan fingerprint density at radius 1 is 0.538 bits per heavy atom. The highest BCUT2D eigenvalue weighted by molar-refractivity contribution is 7.89. The molecule has 272 valence electrons. The summed E-state index contributed by atoms with van der Waals surface area (Å²) >= 11 is 0. The molecule has 2 atom stereocenters. The number of sulfonamides is 1. The highest BCUT2D eigenvalue weighted by Crippen LogP contribution is 2.41. The predicted octanol–water partition coefficient (Wildman–Crippen LogP) is 7.28. The van der Waals surface area contributed by atoms with E-state index >= 15 is 0 Å². The molecule has 0 spiro atoms. The van der Waals surface area contributed by atoms with Crippen molar-refractivity contribution in [3.05, 3.63) is 151 Å². The molecule has 0 unspecified atom stereocenters. The second-order valence-corrected chi connectivity index (χ2v) is 26.6. The van der Waals surface area contributed by atoms with Gasteiger partial charge in [0.1, 0.15) is 0 Å². The fourth-order valence-electron chi connectivity index (χ4n) is 8.16. The third-order valence-electron chi connectivity index (χ3n) is 10.7. The van der Waals surface area contributed by atoms with Gasteiger partial charge in [-0.3, -0.25) is 0 Å². The molecule has 1 saturated heterocycles. The highest BCUT2D eigenvalue weighted by atomic mass is 32.2. The lowest BCUT2D eigenvalue weighted by Crippen LogP contribution is -2.70. The summed E-state index contributed by atoms with van der Waals surface area (Å²) in [4.78, 5) is 0.295. The quantitative estimate of drug-likeness (QED) is 0.126. The molecule has 1 fully saturated rings. The molecule has 5 nitrogen and oxygen atoms in total. The summed E-state index contributed by atoms with van der Waals surface area (Å²) in [5.41, 5.74) is 1.01. The largest absolute Gasteiger partial charge is 0.406 e. The van der Waals surface area contributed by atoms with Crippen LogP contribution in [-0.4, -0.2) is 54.7 Å². The molecule has 0 N–H and O–H groups in total. The maximum absolute atomic E-state index is 14.7. The summed E-state index contributed by atoms with van der Waals surface area (Å²) < 4.78 is 45.8. The fourth-order valence-corrected chi connectivity index (χ4v) is 19.2. The van der Waals surface area contributed by atoms with Crippen molar-refractivity contribution in [3.63, 3.8) is 0 Å². The first-order valence-corrected chi connectivity index (χ1v) is 23.6. The van der Waals surface area contributed by atoms with E-state index in [1.807, 2.05) is 43.3 Å². The first kappa shape index (κ1) is 38.1. The average Bonchev–Trinajstić information content (AvgIpc) is 3.11. The average molecular weight is 748 g/mol. The van der Waals surface area contributed by atoms with Crippen LogP contribution in [0.25, 0.3) is 0 Å². The van der Waals surface area contributed by atoms with Gasteiger partial charge in [-0.1, -0.05) is 181 Å². The van der Waals surface area contributed by atoms with Crippen LogP contribution in [0, 0.1) is 6.92 Å². The number of rotatable bonds is 12. The van der Waals surface area contributed by atoms with Gasteiger partial charge in [0.2, 0.25) is 10.0 Å². The summed E-state index contributed by atoms with van der Waals surface area (Å²) in [7, 11) is -9.68. The van der Waals surface area contributed by atoms with Crippen molar-refractivity contribution in [2.45, 2.75) is 81.9 Å². The van der Waals surface area contributed by atoms with Crippen molar-refractivity contribution in [3.8, 4) is 0 Å². The number of hydrogen-bond donors (Lipinski definition) is 0. The molecule has 0 aliphatic carbocycles. The van der Waals surface area contributed by atoms with Crippen LogP contribution in [0.4, 0.5) is 0 Å². The summed E-state index contributed by atoms with van der Waals surface area (Å²) in [5, 5.41) is 4.23. The van der Waals surface area contributed by atoms with Crippen LogP contribution >= 0.6 is 0 Å². The molecule has 1 heterocycles. The van der Waals surface area contributed by atoms with Crippen LogP contribution < -0.4 is 20.7 Å². The fraction of sp³-hybridized carbons (Fsp3) is 0.318. The minimum absolute atomic E-state index is 0.230. The first-order valence-electron chi connectivity index (χ1n) is 18.3. The standard InChI is InChI=1S/C44H53NO4SSi2/c1-35-28-30-38(31-29-35)50(46,47)45-36(33-48-51(43(2,3)4,39-20-12-8-13-21-39)40-22-14-9-15-23-40)32-37(45)34-49-52(44(5,6)7,41-24-16-10-17-25-41)42-26-18-11-19-27-42/h8-31,36-37H,32-34H2,1-7H3/t36-,37+. The summed E-state index contributed by atoms with van der Waals surface area (Å²) in [6.45, 7) is 16.1. The molecule has 6 rings (SSSR count). The van der Waals surface area contributed by atoms with Crippen molar-refractivity contribution < 1.29 is 17.3 Å². The smallest absolute Gasteiger partial charge is 0.261 e. The first-order chi connectivity index (χ1) is 24.7. The van der Waals surface area contributed by atoms with Gasteiger partial charge in [0.15, 0.2) is 0 Å². The van der Waals surface area contributed by atoms with Crippen LogP contribution in [0.1, 0.15) is 53.5 Å². The van der Waals surface area contributed by atoms with Crippen LogP contribution in [0.5, 0.6) is 0 Å². The molecule has 1 aliphatic rings. The van der Waals surface area contributed by atoms with E-state index in [0.717, 1.165) is 5.56 Å². The molecule has 5 aromatic rings. The zero-order valence-corrected chi connectivity index (χ0v) is 34.4. The number of hydrogen-bond acceptors (Lipinski definition) is 4. The Kier molecular flexibility index (Phi) is 11.0. The normalized spacial score (nSPS) is 17.4. The second-order valence-electron chi connectivity index (χ2n) is 16.1. The lowest BCUT2D eigenvalue weighted by molar-refractivity contribution is 0.0332. The molecule has 0 radical (unpaired) electrons. The minimum Gasteiger partial charge on any atom is -0.406 e. The maximum atomic E-state index is 14.7. The van der Waals surface area contributed by atoms with Crippen LogP contribution in [0.2, 0.25) is 10.1 Å². The van der Waals surface area contributed by atoms with Gasteiger partial charge in [-0.15, -0.1) is 0 Å². The van der Waals surface area contributed by atoms with Gasteiger partial charge in [0.25, 0.3) is 16.6 Å². The Balaban J connectivity index is 1.39. The molecule has 0 saturated carbocycles. The molecule has 52 heavy (non-hydrogen) atoms. The Labute approximate surface area is 314 Å². The number of benzene rings is 5. The van der Waals surface area contributed by atoms with Gasteiger partial charge in [-0.05, 0) is 56.3 Å². The van der Waals surface area contributed by atoms with Gasteiger partial charge >= 0.3 is 0 Å². The minimum atomic E-state index is -3.88. The van der Waals surface area contributed by atoms with E-state index in [9.17, 15) is 8.42 Å². The van der Waals surface area contributed by atoms with Gasteiger partial charge in [0, 0.05) is 12.1 Å². The van der Waals surface area contributed by atoms with Gasteiger partial charge < -0.3 is 8.85 Å². The van der Waals surface area contributed by atoms with Crippen LogP contribution in [0.15, 0.2) is 150 Å². The zero-order valence-electron chi connectivity index (χ0n) is 31.6. The molecule has 0 bridgehead atoms. The van der Waals surface area contributed by atoms with E-state index in [2.05, 4.69) is 139 Å². The zero-order chi connectivity index (χ0) is 37.2. The SMILES string of the molecule is Cc1ccc(S(=O)(=O)N2[C@H](CO[Si](c3ccccc3)(c3ccccc3)C(C)(C)C)C[C@@H]2CO[Si](c2ccccc2)(c2ccccc2)C(C)(C)C)cc1. The summed E-state index contributed by atoms with van der Waals surface area (Å²) in [6.07, 6.45) is 0.640. The third-order valence-corrected chi connectivity index (χ3v) is 22.7. The molecular formula is C44H53NO4SSi2. The van der Waals surface area contributed by atoms with E-state index in [4.69, 9.17) is 8.85 Å². The topological polar surface area (TPSA) is 55.8 Å². The second kappa shape index (κ2) is 15.0. The molecule has 0 aromatic heterocycles. The van der Waals surface area contributed by atoms with Gasteiger partial charge in [0.05, 0.1) is 18.1 Å². The van der Waals surface area contributed by atoms with E-state index in [1.54, 1.807) is 16.4 Å². The van der Waals surface area contributed by atoms with Gasteiger partial charge in [-0.25, -0.2) is 8.42 Å². The Morgan fingerprint density at radius 2 is 0.846 bits per heavy atom. The van der Waals surface area contributed by atoms with E-state index < -0.39 is 26.7 Å². The van der Waals surface area contributed by atoms with E-state index in [1.165, 1.54) is 20.7 Å². The molecular weight excluding hydrogens is 695 g/mol.